The van der Waals surface area contributed by atoms with Crippen molar-refractivity contribution in [1.82, 2.24) is 15.3 Å². The van der Waals surface area contributed by atoms with E-state index in [1.807, 2.05) is 0 Å². The van der Waals surface area contributed by atoms with Crippen LogP contribution in [0.2, 0.25) is 0 Å². The molecule has 88 valence electrons. The van der Waals surface area contributed by atoms with Gasteiger partial charge in [-0.15, -0.1) is 0 Å². The van der Waals surface area contributed by atoms with Gasteiger partial charge in [-0.2, -0.15) is 0 Å². The van der Waals surface area contributed by atoms with Crippen LogP contribution < -0.4 is 10.6 Å². The molecule has 0 aromatic carbocycles. The number of hydrogen-bond acceptors (Lipinski definition) is 4. The predicted molar refractivity (Wildman–Crippen MR) is 65.6 cm³/mol. The van der Waals surface area contributed by atoms with Gasteiger partial charge in [0.1, 0.15) is 0 Å². The van der Waals surface area contributed by atoms with Crippen LogP contribution >= 0.6 is 0 Å². The Balaban J connectivity index is 2.32. The van der Waals surface area contributed by atoms with E-state index in [0.29, 0.717) is 0 Å². The van der Waals surface area contributed by atoms with Crippen LogP contribution in [-0.4, -0.2) is 22.1 Å². The molecule has 2 rings (SSSR count). The molecule has 4 nitrogen and oxygen atoms in total. The molecule has 0 saturated carbocycles. The summed E-state index contributed by atoms with van der Waals surface area (Å²) in [5, 5.41) is 6.66. The molecule has 2 heterocycles. The smallest absolute Gasteiger partial charge is 0.223 e. The van der Waals surface area contributed by atoms with Gasteiger partial charge in [-0.25, -0.2) is 9.97 Å². The minimum atomic E-state index is 0.00275. The lowest BCUT2D eigenvalue weighted by molar-refractivity contribution is 0.603. The van der Waals surface area contributed by atoms with Gasteiger partial charge < -0.3 is 10.6 Å². The first-order valence-corrected chi connectivity index (χ1v) is 5.81. The number of aryl methyl sites for hydroxylation is 1. The fraction of sp³-hybridized carbons (Fsp3) is 0.667. The Morgan fingerprint density at radius 1 is 1.25 bits per heavy atom. The van der Waals surface area contributed by atoms with E-state index in [1.54, 1.807) is 0 Å². The highest BCUT2D eigenvalue weighted by atomic mass is 15.1. The second-order valence-corrected chi connectivity index (χ2v) is 5.36. The summed E-state index contributed by atoms with van der Waals surface area (Å²) in [6, 6.07) is 0. The van der Waals surface area contributed by atoms with Crippen molar-refractivity contribution in [3.63, 3.8) is 0 Å². The molecule has 0 amide bonds. The number of anilines is 1. The Bertz CT molecular complexity index is 393. The summed E-state index contributed by atoms with van der Waals surface area (Å²) in [4.78, 5) is 9.10. The molecule has 0 atom stereocenters. The highest BCUT2D eigenvalue weighted by molar-refractivity contribution is 5.37. The third-order valence-corrected chi connectivity index (χ3v) is 2.63. The van der Waals surface area contributed by atoms with Crippen molar-refractivity contribution in [1.29, 1.82) is 0 Å². The number of nitrogens with zero attached hydrogens (tertiary/aromatic N) is 2. The first kappa shape index (κ1) is 11.3. The van der Waals surface area contributed by atoms with Crippen molar-refractivity contribution >= 4 is 5.95 Å². The van der Waals surface area contributed by atoms with Crippen LogP contribution in [0.25, 0.3) is 0 Å². The Morgan fingerprint density at radius 3 is 2.69 bits per heavy atom. The molecule has 16 heavy (non-hydrogen) atoms. The summed E-state index contributed by atoms with van der Waals surface area (Å²) in [5.41, 5.74) is 3.57. The molecule has 0 bridgehead atoms. The second-order valence-electron chi connectivity index (χ2n) is 5.36. The van der Waals surface area contributed by atoms with Gasteiger partial charge in [-0.05, 0) is 46.2 Å². The lowest BCUT2D eigenvalue weighted by Gasteiger charge is -2.23. The molecule has 1 aliphatic heterocycles. The van der Waals surface area contributed by atoms with Crippen LogP contribution in [0, 0.1) is 6.92 Å². The van der Waals surface area contributed by atoms with E-state index in [9.17, 15) is 0 Å². The number of aromatic nitrogens is 2. The summed E-state index contributed by atoms with van der Waals surface area (Å²) < 4.78 is 0. The van der Waals surface area contributed by atoms with Crippen LogP contribution in [0.5, 0.6) is 0 Å². The van der Waals surface area contributed by atoms with Crippen molar-refractivity contribution in [2.45, 2.75) is 46.2 Å². The van der Waals surface area contributed by atoms with E-state index in [4.69, 9.17) is 0 Å². The molecule has 1 aromatic heterocycles. The Hall–Kier alpha value is -1.16. The molecule has 0 aliphatic carbocycles. The number of hydrogen-bond donors (Lipinski definition) is 2. The number of fused-ring (bicyclic) bond motifs is 1. The highest BCUT2D eigenvalue weighted by Gasteiger charge is 2.17. The van der Waals surface area contributed by atoms with E-state index in [0.717, 1.165) is 36.8 Å². The van der Waals surface area contributed by atoms with E-state index >= 15 is 0 Å². The molecular formula is C12H20N4. The minimum absolute atomic E-state index is 0.00275. The quantitative estimate of drug-likeness (QED) is 0.755. The summed E-state index contributed by atoms with van der Waals surface area (Å²) in [6.45, 7) is 10.3. The van der Waals surface area contributed by atoms with Crippen LogP contribution in [0.3, 0.4) is 0 Å². The van der Waals surface area contributed by atoms with E-state index in [1.165, 1.54) is 5.56 Å². The normalized spacial score (nSPS) is 15.8. The fourth-order valence-electron chi connectivity index (χ4n) is 1.94. The number of rotatable bonds is 1. The van der Waals surface area contributed by atoms with Crippen LogP contribution in [-0.2, 0) is 13.0 Å². The molecule has 0 spiro atoms. The molecule has 1 aromatic rings. The SMILES string of the molecule is Cc1nc(NC(C)(C)C)nc2c1CCNC2. The third kappa shape index (κ3) is 2.50. The molecular weight excluding hydrogens is 200 g/mol. The van der Waals surface area contributed by atoms with Crippen LogP contribution in [0.4, 0.5) is 5.95 Å². The average molecular weight is 220 g/mol. The Labute approximate surface area is 96.9 Å². The van der Waals surface area contributed by atoms with E-state index in [2.05, 4.69) is 48.3 Å². The largest absolute Gasteiger partial charge is 0.350 e. The fourth-order valence-corrected chi connectivity index (χ4v) is 1.94. The van der Waals surface area contributed by atoms with E-state index < -0.39 is 0 Å². The van der Waals surface area contributed by atoms with Crippen molar-refractivity contribution in [3.8, 4) is 0 Å². The van der Waals surface area contributed by atoms with Gasteiger partial charge in [0.2, 0.25) is 5.95 Å². The third-order valence-electron chi connectivity index (χ3n) is 2.63. The predicted octanol–water partition coefficient (Wildman–Crippen LogP) is 1.64. The van der Waals surface area contributed by atoms with Gasteiger partial charge in [0, 0.05) is 17.8 Å². The maximum atomic E-state index is 4.57. The molecule has 4 heteroatoms. The first-order valence-electron chi connectivity index (χ1n) is 5.81. The lowest BCUT2D eigenvalue weighted by Crippen LogP contribution is -2.30. The van der Waals surface area contributed by atoms with E-state index in [-0.39, 0.29) is 5.54 Å². The lowest BCUT2D eigenvalue weighted by atomic mass is 10.1. The molecule has 0 unspecified atom stereocenters. The summed E-state index contributed by atoms with van der Waals surface area (Å²) in [6.07, 6.45) is 1.04. The van der Waals surface area contributed by atoms with Crippen LogP contribution in [0.15, 0.2) is 0 Å². The average Bonchev–Trinajstić information content (AvgIpc) is 2.15. The monoisotopic (exact) mass is 220 g/mol. The van der Waals surface area contributed by atoms with Gasteiger partial charge in [0.05, 0.1) is 5.69 Å². The maximum Gasteiger partial charge on any atom is 0.223 e. The maximum absolute atomic E-state index is 4.57. The zero-order valence-electron chi connectivity index (χ0n) is 10.5. The standard InChI is InChI=1S/C12H20N4/c1-8-9-5-6-13-7-10(9)15-11(14-8)16-12(2,3)4/h13H,5-7H2,1-4H3,(H,14,15,16). The molecule has 2 N–H and O–H groups in total. The summed E-state index contributed by atoms with van der Waals surface area (Å²) in [7, 11) is 0. The zero-order chi connectivity index (χ0) is 11.8. The second kappa shape index (κ2) is 4.01. The molecule has 0 saturated heterocycles. The topological polar surface area (TPSA) is 49.8 Å². The zero-order valence-corrected chi connectivity index (χ0v) is 10.5. The summed E-state index contributed by atoms with van der Waals surface area (Å²) >= 11 is 0. The van der Waals surface area contributed by atoms with Crippen LogP contribution in [0.1, 0.15) is 37.7 Å². The molecule has 1 aliphatic rings. The van der Waals surface area contributed by atoms with Crippen molar-refractivity contribution in [3.05, 3.63) is 17.0 Å². The number of nitrogens with one attached hydrogen (secondary N) is 2. The van der Waals surface area contributed by atoms with Crippen molar-refractivity contribution < 1.29 is 0 Å². The summed E-state index contributed by atoms with van der Waals surface area (Å²) in [5.74, 6) is 0.743. The van der Waals surface area contributed by atoms with Gasteiger partial charge in [-0.1, -0.05) is 0 Å². The van der Waals surface area contributed by atoms with Gasteiger partial charge in [-0.3, -0.25) is 0 Å². The Kier molecular flexibility index (Phi) is 2.84. The van der Waals surface area contributed by atoms with Crippen molar-refractivity contribution in [2.24, 2.45) is 0 Å². The van der Waals surface area contributed by atoms with Gasteiger partial charge >= 0.3 is 0 Å². The molecule has 0 radical (unpaired) electrons. The Morgan fingerprint density at radius 2 is 2.00 bits per heavy atom. The van der Waals surface area contributed by atoms with Crippen molar-refractivity contribution in [2.75, 3.05) is 11.9 Å². The van der Waals surface area contributed by atoms with Gasteiger partial charge in [0.25, 0.3) is 0 Å². The molecule has 0 fully saturated rings. The minimum Gasteiger partial charge on any atom is -0.350 e. The van der Waals surface area contributed by atoms with Gasteiger partial charge in [0.15, 0.2) is 0 Å². The first-order chi connectivity index (χ1) is 7.46. The highest BCUT2D eigenvalue weighted by Crippen LogP contribution is 2.18.